The van der Waals surface area contributed by atoms with Gasteiger partial charge in [-0.15, -0.1) is 45.3 Å². The van der Waals surface area contributed by atoms with Crippen LogP contribution >= 0.6 is 45.3 Å². The zero-order valence-corrected chi connectivity index (χ0v) is 64.6. The zero-order chi connectivity index (χ0) is 68.2. The number of benzene rings is 2. The van der Waals surface area contributed by atoms with Gasteiger partial charge < -0.3 is 20.1 Å². The molecule has 2 aliphatic rings. The van der Waals surface area contributed by atoms with E-state index in [1.54, 1.807) is 45.3 Å². The lowest BCUT2D eigenvalue weighted by Gasteiger charge is -2.29. The van der Waals surface area contributed by atoms with Gasteiger partial charge in [0.15, 0.2) is 0 Å². The van der Waals surface area contributed by atoms with Gasteiger partial charge in [0.1, 0.15) is 10.0 Å². The number of aromatic nitrogens is 3. The summed E-state index contributed by atoms with van der Waals surface area (Å²) < 4.78 is 2.71. The van der Waals surface area contributed by atoms with Crippen LogP contribution in [0.3, 0.4) is 0 Å². The molecule has 524 valence electrons. The summed E-state index contributed by atoms with van der Waals surface area (Å²) in [6.45, 7) is 26.0. The van der Waals surface area contributed by atoms with Gasteiger partial charge in [-0.2, -0.15) is 0 Å². The molecule has 0 fully saturated rings. The molecule has 5 aromatic heterocycles. The minimum atomic E-state index is -0.460. The van der Waals surface area contributed by atoms with Gasteiger partial charge in [-0.3, -0.25) is 9.59 Å². The van der Waals surface area contributed by atoms with Gasteiger partial charge in [0.25, 0.3) is 11.8 Å². The molecule has 9 rings (SSSR count). The van der Waals surface area contributed by atoms with Gasteiger partial charge in [0, 0.05) is 58.2 Å². The van der Waals surface area contributed by atoms with Crippen molar-refractivity contribution in [1.29, 1.82) is 0 Å². The van der Waals surface area contributed by atoms with E-state index in [0.717, 1.165) is 96.3 Å². The Morgan fingerprint density at radius 2 is 0.802 bits per heavy atom. The van der Waals surface area contributed by atoms with Gasteiger partial charge >= 0.3 is 0 Å². The number of unbranched alkanes of at least 4 members (excludes halogenated alkanes) is 22. The molecule has 7 heterocycles. The summed E-state index contributed by atoms with van der Waals surface area (Å²) in [6.07, 6.45) is 45.3. The minimum Gasteiger partial charge on any atom is -0.337 e. The molecule has 0 radical (unpaired) electrons. The molecule has 2 N–H and O–H groups in total. The fraction of sp³-hybridized carbons (Fsp3) is 0.619. The summed E-state index contributed by atoms with van der Waals surface area (Å²) in [6, 6.07) is 23.3. The van der Waals surface area contributed by atoms with Crippen LogP contribution in [0.25, 0.3) is 63.4 Å². The van der Waals surface area contributed by atoms with E-state index in [9.17, 15) is 0 Å². The third kappa shape index (κ3) is 19.4. The Hall–Kier alpha value is -4.72. The second kappa shape index (κ2) is 37.1. The van der Waals surface area contributed by atoms with Gasteiger partial charge in [-0.05, 0) is 117 Å². The lowest BCUT2D eigenvalue weighted by molar-refractivity contribution is -0.124. The average Bonchev–Trinajstić information content (AvgIpc) is 1.56. The third-order valence-corrected chi connectivity index (χ3v) is 25.7. The Labute approximate surface area is 596 Å². The second-order valence-corrected chi connectivity index (χ2v) is 34.6. The molecule has 0 saturated carbocycles. The smallest absolute Gasteiger partial charge is 0.261 e. The predicted octanol–water partition coefficient (Wildman–Crippen LogP) is 26.3. The maximum Gasteiger partial charge on any atom is 0.261 e. The van der Waals surface area contributed by atoms with Crippen LogP contribution in [-0.2, 0) is 20.5 Å². The molecular formula is C84H122N6O2S4. The molecule has 2 atom stereocenters. The lowest BCUT2D eigenvalue weighted by Crippen LogP contribution is -2.34. The summed E-state index contributed by atoms with van der Waals surface area (Å²) in [7, 11) is 0. The van der Waals surface area contributed by atoms with Crippen LogP contribution in [0.2, 0.25) is 0 Å². The molecule has 8 nitrogen and oxygen atoms in total. The summed E-state index contributed by atoms with van der Waals surface area (Å²) in [5.74, 6) is 0.646. The van der Waals surface area contributed by atoms with E-state index in [-0.39, 0.29) is 17.2 Å². The average molecular weight is 1380 g/mol. The molecule has 0 bridgehead atoms. The van der Waals surface area contributed by atoms with Crippen molar-refractivity contribution in [1.82, 2.24) is 24.3 Å². The molecule has 2 amide bonds. The van der Waals surface area contributed by atoms with E-state index < -0.39 is 5.54 Å². The van der Waals surface area contributed by atoms with E-state index in [4.69, 9.17) is 15.7 Å². The molecular weight excluding hydrogens is 1250 g/mol. The number of carbonyl (C=O) groups excluding carboxylic acids is 2. The maximum absolute atomic E-state index is 16.3. The topological polar surface area (TPSA) is 97.3 Å². The molecule has 12 heteroatoms. The maximum atomic E-state index is 16.3. The Morgan fingerprint density at radius 3 is 1.24 bits per heavy atom. The first-order valence-corrected chi connectivity index (χ1v) is 41.9. The molecule has 0 aliphatic carbocycles. The van der Waals surface area contributed by atoms with Gasteiger partial charge in [-0.1, -0.05) is 266 Å². The van der Waals surface area contributed by atoms with Crippen LogP contribution in [0.4, 0.5) is 0 Å². The fourth-order valence-electron chi connectivity index (χ4n) is 15.0. The summed E-state index contributed by atoms with van der Waals surface area (Å²) in [5.41, 5.74) is 14.2. The van der Waals surface area contributed by atoms with Crippen LogP contribution in [0.1, 0.15) is 321 Å². The van der Waals surface area contributed by atoms with E-state index in [0.29, 0.717) is 42.1 Å². The number of thiophene rings is 2. The highest BCUT2D eigenvalue weighted by Crippen LogP contribution is 2.52. The first-order chi connectivity index (χ1) is 46.5. The highest BCUT2D eigenvalue weighted by atomic mass is 32.1. The second-order valence-electron chi connectivity index (χ2n) is 30.4. The van der Waals surface area contributed by atoms with Crippen molar-refractivity contribution < 1.29 is 9.59 Å². The number of rotatable bonds is 45. The molecule has 0 saturated heterocycles. The van der Waals surface area contributed by atoms with Crippen LogP contribution in [0.15, 0.2) is 84.2 Å². The number of thiazole rings is 2. The Balaban J connectivity index is 1.15. The predicted molar refractivity (Wildman–Crippen MR) is 420 cm³/mol. The molecule has 2 aromatic carbocycles. The number of fused-ring (bicyclic) bond motifs is 4. The van der Waals surface area contributed by atoms with Crippen LogP contribution in [0, 0.1) is 11.8 Å². The molecule has 7 aromatic rings. The van der Waals surface area contributed by atoms with Crippen molar-refractivity contribution in [3.05, 3.63) is 104 Å². The molecule has 2 unspecified atom stereocenters. The minimum absolute atomic E-state index is 0.00611. The Kier molecular flexibility index (Phi) is 29.2. The molecule has 96 heavy (non-hydrogen) atoms. The highest BCUT2D eigenvalue weighted by Gasteiger charge is 2.50. The highest BCUT2D eigenvalue weighted by molar-refractivity contribution is 7.24. The number of carbonyl (C=O) groups is 2. The number of amides is 2. The number of nitrogens with two attached hydrogens (primary N) is 1. The van der Waals surface area contributed by atoms with Gasteiger partial charge in [-0.25, -0.2) is 9.97 Å². The van der Waals surface area contributed by atoms with Crippen molar-refractivity contribution in [2.24, 2.45) is 17.6 Å². The van der Waals surface area contributed by atoms with Crippen molar-refractivity contribution in [2.75, 3.05) is 13.1 Å². The normalized spacial score (nSPS) is 14.6. The van der Waals surface area contributed by atoms with Crippen molar-refractivity contribution in [3.63, 3.8) is 0 Å². The molecule has 2 aliphatic heterocycles. The Morgan fingerprint density at radius 1 is 0.417 bits per heavy atom. The summed E-state index contributed by atoms with van der Waals surface area (Å²) in [5, 5.41) is 4.54. The Bertz CT molecular complexity index is 3610. The monoisotopic (exact) mass is 1370 g/mol. The third-order valence-electron chi connectivity index (χ3n) is 20.8. The molecule has 0 spiro atoms. The SMILES string of the molecule is CCCCCCCCC(CCCCCC)CN1C(=O)C2=C(c3ccc(-c4ncc(C(C)(C)C)s4)s3)N(CC(CCCCCC)CCCCCCCC)C(=O)C2=C1c1ccc(-c2ncc(-c3ccc4c5ccc(C(C)(C)N)cc5n(C(CCCCCC)CCCCCC)c4c3)s2)s1. The first-order valence-electron chi connectivity index (χ1n) is 38.7. The van der Waals surface area contributed by atoms with Crippen molar-refractivity contribution in [3.8, 4) is 30.2 Å². The largest absolute Gasteiger partial charge is 0.337 e. The van der Waals surface area contributed by atoms with Crippen molar-refractivity contribution >= 4 is 90.4 Å². The lowest BCUT2D eigenvalue weighted by atomic mass is 9.93. The fourth-order valence-corrected chi connectivity index (χ4v) is 19.1. The van der Waals surface area contributed by atoms with Crippen LogP contribution in [-0.4, -0.2) is 49.2 Å². The van der Waals surface area contributed by atoms with Gasteiger partial charge in [0.2, 0.25) is 0 Å². The van der Waals surface area contributed by atoms with E-state index in [1.165, 1.54) is 206 Å². The van der Waals surface area contributed by atoms with Crippen LogP contribution < -0.4 is 5.73 Å². The number of hydrogen-bond donors (Lipinski definition) is 1. The van der Waals surface area contributed by atoms with E-state index in [2.05, 4.69) is 157 Å². The van der Waals surface area contributed by atoms with E-state index >= 15 is 9.59 Å². The number of hydrogen-bond acceptors (Lipinski definition) is 9. The van der Waals surface area contributed by atoms with Crippen LogP contribution in [0.5, 0.6) is 0 Å². The first kappa shape index (κ1) is 75.5. The summed E-state index contributed by atoms with van der Waals surface area (Å²) in [4.78, 5) is 53.6. The van der Waals surface area contributed by atoms with Crippen molar-refractivity contribution in [2.45, 2.75) is 311 Å². The quantitative estimate of drug-likeness (QED) is 0.0384. The standard InChI is InChI=1S/C84H122N6O2S4/c1-12-18-24-30-32-36-42-60(40-34-26-20-14-3)58-88-77(75-76(82(88)92)78(70-51-53-72(94-70)80-87-57-74(96-80)83(7,8)9)89(81(75)91)59-61(41-35-27-21-15-4)43-37-33-31-25-19-13-2)69-50-52-71(93-69)79-86-56-73(95-79)62-46-48-65-66-49-47-63(84(10,11)85)55-68(66)90(67(65)54-62)64(44-38-28-22-16-5)45-39-29-23-17-6/h46-57,60-61,64H,12-45,58-59,85H2,1-11H3. The van der Waals surface area contributed by atoms with Gasteiger partial charge in [0.05, 0.1) is 52.4 Å². The number of nitrogens with zero attached hydrogens (tertiary/aromatic N) is 5. The van der Waals surface area contributed by atoms with E-state index in [1.807, 2.05) is 6.20 Å². The zero-order valence-electron chi connectivity index (χ0n) is 61.4. The summed E-state index contributed by atoms with van der Waals surface area (Å²) >= 11 is 6.91.